The average molecular weight is 661 g/mol. The second-order valence-corrected chi connectivity index (χ2v) is 11.9. The first-order valence-corrected chi connectivity index (χ1v) is 15.2. The van der Waals surface area contributed by atoms with E-state index in [4.69, 9.17) is 16.3 Å². The Morgan fingerprint density at radius 2 is 1.87 bits per heavy atom. The molecule has 1 fully saturated rings. The van der Waals surface area contributed by atoms with E-state index >= 15 is 0 Å². The molecular weight excluding hydrogens is 631 g/mol. The lowest BCUT2D eigenvalue weighted by Gasteiger charge is -2.38. The lowest BCUT2D eigenvalue weighted by molar-refractivity contribution is -0.117. The zero-order chi connectivity index (χ0) is 33.0. The Morgan fingerprint density at radius 3 is 2.66 bits per heavy atom. The predicted molar refractivity (Wildman–Crippen MR) is 176 cm³/mol. The summed E-state index contributed by atoms with van der Waals surface area (Å²) in [5, 5.41) is 11.6. The number of H-pyrrole nitrogens is 1. The van der Waals surface area contributed by atoms with Crippen molar-refractivity contribution in [3.63, 3.8) is 0 Å². The van der Waals surface area contributed by atoms with E-state index in [9.17, 15) is 18.8 Å². The smallest absolute Gasteiger partial charge is 0.334 e. The van der Waals surface area contributed by atoms with E-state index in [1.54, 1.807) is 36.9 Å². The number of methoxy groups -OCH3 is 1. The molecule has 5 heterocycles. The number of piperidine rings is 1. The molecule has 16 heteroatoms. The van der Waals surface area contributed by atoms with Gasteiger partial charge in [0.15, 0.2) is 11.6 Å². The topological polar surface area (TPSA) is 155 Å². The highest BCUT2D eigenvalue weighted by molar-refractivity contribution is 6.33. The van der Waals surface area contributed by atoms with Crippen molar-refractivity contribution in [3.8, 4) is 5.82 Å². The fraction of sp³-hybridized carbons (Fsp3) is 0.290. The number of nitrogens with zero attached hydrogens (tertiary/aromatic N) is 7. The van der Waals surface area contributed by atoms with Crippen LogP contribution in [0, 0.1) is 5.95 Å². The minimum atomic E-state index is -0.850. The second kappa shape index (κ2) is 11.8. The number of benzene rings is 2. The summed E-state index contributed by atoms with van der Waals surface area (Å²) in [6, 6.07) is 12.3. The maximum absolute atomic E-state index is 15.0. The van der Waals surface area contributed by atoms with Crippen molar-refractivity contribution < 1.29 is 13.9 Å². The van der Waals surface area contributed by atoms with Gasteiger partial charge in [0.05, 0.1) is 24.1 Å². The van der Waals surface area contributed by atoms with Gasteiger partial charge in [0, 0.05) is 69.0 Å². The van der Waals surface area contributed by atoms with Crippen molar-refractivity contribution in [3.05, 3.63) is 86.0 Å². The highest BCUT2D eigenvalue weighted by Crippen LogP contribution is 2.34. The van der Waals surface area contributed by atoms with Crippen LogP contribution in [0.4, 0.5) is 33.2 Å². The van der Waals surface area contributed by atoms with Crippen LogP contribution in [0.25, 0.3) is 16.7 Å². The van der Waals surface area contributed by atoms with Crippen LogP contribution in [0.5, 0.6) is 0 Å². The first kappa shape index (κ1) is 30.4. The number of fused-ring (bicyclic) bond motifs is 2. The van der Waals surface area contributed by atoms with Crippen molar-refractivity contribution in [2.24, 2.45) is 7.05 Å². The molecule has 2 aromatic carbocycles. The molecule has 0 unspecified atom stereocenters. The highest BCUT2D eigenvalue weighted by Gasteiger charge is 2.32. The van der Waals surface area contributed by atoms with Crippen LogP contribution < -0.4 is 31.7 Å². The molecular formula is C31H30ClFN10O4. The van der Waals surface area contributed by atoms with Crippen molar-refractivity contribution in [2.75, 3.05) is 47.7 Å². The largest absolute Gasteiger partial charge is 0.379 e. The Labute approximate surface area is 271 Å². The minimum Gasteiger partial charge on any atom is -0.379 e. The first-order valence-electron chi connectivity index (χ1n) is 14.8. The van der Waals surface area contributed by atoms with Crippen LogP contribution >= 0.6 is 11.6 Å². The quantitative estimate of drug-likeness (QED) is 0.222. The maximum atomic E-state index is 15.0. The van der Waals surface area contributed by atoms with Crippen LogP contribution in [0.1, 0.15) is 12.0 Å². The number of carbonyl (C=O) groups excluding carboxylic acids is 1. The SMILES string of the molecule is CO[C@@H]1CN(c2nc(F)c(Cl)c(Nc3ccc4c(c3)CC(=O)N4C)n2)CC[C@H]1Nc1ccc2c(-n3ccc(=O)[nH]c3=O)nn(C)c2c1. The number of nitrogens with one attached hydrogen (secondary N) is 3. The summed E-state index contributed by atoms with van der Waals surface area (Å²) in [5.74, 6) is -0.150. The molecule has 7 rings (SSSR count). The van der Waals surface area contributed by atoms with Crippen LogP contribution in [0.2, 0.25) is 5.02 Å². The molecule has 2 aliphatic heterocycles. The number of ether oxygens (including phenoxy) is 1. The Morgan fingerprint density at radius 1 is 1.06 bits per heavy atom. The van der Waals surface area contributed by atoms with Crippen LogP contribution in [-0.2, 0) is 23.0 Å². The molecule has 14 nitrogen and oxygen atoms in total. The Balaban J connectivity index is 1.08. The molecule has 242 valence electrons. The van der Waals surface area contributed by atoms with Crippen LogP contribution in [0.3, 0.4) is 0 Å². The normalized spacial score (nSPS) is 17.8. The number of likely N-dealkylation sites (N-methyl/N-ethyl adjacent to an activating group) is 1. The molecule has 47 heavy (non-hydrogen) atoms. The van der Waals surface area contributed by atoms with Gasteiger partial charge in [-0.25, -0.2) is 4.79 Å². The van der Waals surface area contributed by atoms with E-state index in [2.05, 4.69) is 30.7 Å². The molecule has 3 aromatic heterocycles. The fourth-order valence-electron chi connectivity index (χ4n) is 6.12. The Hall–Kier alpha value is -5.28. The molecule has 2 aliphatic rings. The Bertz CT molecular complexity index is 2160. The monoisotopic (exact) mass is 660 g/mol. The highest BCUT2D eigenvalue weighted by atomic mass is 35.5. The van der Waals surface area contributed by atoms with Crippen molar-refractivity contribution >= 4 is 57.2 Å². The fourth-order valence-corrected chi connectivity index (χ4v) is 6.26. The molecule has 1 saturated heterocycles. The molecule has 0 aliphatic carbocycles. The van der Waals surface area contributed by atoms with Crippen molar-refractivity contribution in [1.29, 1.82) is 0 Å². The number of aromatic amines is 1. The minimum absolute atomic E-state index is 0.00319. The summed E-state index contributed by atoms with van der Waals surface area (Å²) < 4.78 is 23.8. The molecule has 1 amide bonds. The van der Waals surface area contributed by atoms with Gasteiger partial charge in [-0.05, 0) is 48.4 Å². The van der Waals surface area contributed by atoms with Gasteiger partial charge in [-0.15, -0.1) is 0 Å². The van der Waals surface area contributed by atoms with Gasteiger partial charge in [0.2, 0.25) is 17.8 Å². The maximum Gasteiger partial charge on any atom is 0.334 e. The zero-order valence-electron chi connectivity index (χ0n) is 25.6. The number of anilines is 5. The molecule has 5 aromatic rings. The van der Waals surface area contributed by atoms with E-state index in [1.807, 2.05) is 35.2 Å². The molecule has 0 bridgehead atoms. The van der Waals surface area contributed by atoms with Crippen molar-refractivity contribution in [1.82, 2.24) is 29.3 Å². The lowest BCUT2D eigenvalue weighted by atomic mass is 10.0. The molecule has 2 atom stereocenters. The molecule has 3 N–H and O–H groups in total. The van der Waals surface area contributed by atoms with Gasteiger partial charge >= 0.3 is 5.69 Å². The number of rotatable bonds is 7. The zero-order valence-corrected chi connectivity index (χ0v) is 26.4. The second-order valence-electron chi connectivity index (χ2n) is 11.5. The average Bonchev–Trinajstić information content (AvgIpc) is 3.53. The van der Waals surface area contributed by atoms with Gasteiger partial charge in [-0.3, -0.25) is 23.8 Å². The standard InChI is InChI=1S/C31H30ClFN10O4/c1-40-21-7-5-17(12-16(21)13-25(40)45)35-28-26(32)27(33)37-30(38-28)42-10-8-20(23(15-42)47-3)34-18-4-6-19-22(14-18)41(2)39-29(19)43-11-9-24(44)36-31(43)46/h4-7,9,11-12,14,20,23,34H,8,10,13,15H2,1-3H3,(H,35,37,38)(H,36,44,46)/t20-,23-/m1/s1. The van der Waals surface area contributed by atoms with E-state index in [1.165, 1.54) is 16.8 Å². The van der Waals surface area contributed by atoms with E-state index in [0.29, 0.717) is 31.0 Å². The third-order valence-electron chi connectivity index (χ3n) is 8.60. The summed E-state index contributed by atoms with van der Waals surface area (Å²) >= 11 is 6.27. The van der Waals surface area contributed by atoms with Crippen LogP contribution in [0.15, 0.2) is 58.3 Å². The number of hydrogen-bond acceptors (Lipinski definition) is 10. The summed E-state index contributed by atoms with van der Waals surface area (Å²) in [7, 11) is 5.13. The Kier molecular flexibility index (Phi) is 7.64. The van der Waals surface area contributed by atoms with Gasteiger partial charge in [0.1, 0.15) is 5.02 Å². The van der Waals surface area contributed by atoms with Crippen LogP contribution in [-0.4, -0.2) is 74.6 Å². The number of aromatic nitrogens is 6. The number of carbonyl (C=O) groups is 1. The van der Waals surface area contributed by atoms with E-state index in [-0.39, 0.29) is 41.3 Å². The molecule has 0 radical (unpaired) electrons. The summed E-state index contributed by atoms with van der Waals surface area (Å²) in [5.41, 5.74) is 2.86. The van der Waals surface area contributed by atoms with Gasteiger partial charge in [0.25, 0.3) is 5.56 Å². The van der Waals surface area contributed by atoms with E-state index in [0.717, 1.165) is 27.8 Å². The third kappa shape index (κ3) is 5.57. The van der Waals surface area contributed by atoms with E-state index < -0.39 is 17.2 Å². The molecule has 0 saturated carbocycles. The van der Waals surface area contributed by atoms with Gasteiger partial charge < -0.3 is 25.2 Å². The van der Waals surface area contributed by atoms with Gasteiger partial charge in [-0.1, -0.05) is 11.6 Å². The summed E-state index contributed by atoms with van der Waals surface area (Å²) in [6.07, 6.45) is 2.01. The lowest BCUT2D eigenvalue weighted by Crippen LogP contribution is -2.51. The number of aryl methyl sites for hydroxylation is 1. The predicted octanol–water partition coefficient (Wildman–Crippen LogP) is 2.96. The molecule has 0 spiro atoms. The number of halogens is 2. The van der Waals surface area contributed by atoms with Crippen molar-refractivity contribution in [2.45, 2.75) is 25.0 Å². The summed E-state index contributed by atoms with van der Waals surface area (Å²) in [4.78, 5) is 50.3. The van der Waals surface area contributed by atoms with Gasteiger partial charge in [-0.2, -0.15) is 19.5 Å². The number of hydrogen-bond donors (Lipinski definition) is 3. The number of amides is 1. The first-order chi connectivity index (χ1) is 22.6. The third-order valence-corrected chi connectivity index (χ3v) is 8.93. The summed E-state index contributed by atoms with van der Waals surface area (Å²) in [6.45, 7) is 0.897.